The number of carbonyl (C=O) groups is 1. The van der Waals surface area contributed by atoms with Crippen LogP contribution >= 0.6 is 0 Å². The highest BCUT2D eigenvalue weighted by molar-refractivity contribution is 5.74. The van der Waals surface area contributed by atoms with Gasteiger partial charge in [0, 0.05) is 17.7 Å². The van der Waals surface area contributed by atoms with Crippen molar-refractivity contribution in [3.63, 3.8) is 0 Å². The lowest BCUT2D eigenvalue weighted by Gasteiger charge is -2.27. The maximum atomic E-state index is 12.4. The van der Waals surface area contributed by atoms with E-state index < -0.39 is 23.4 Å². The monoisotopic (exact) mass is 529 g/mol. The van der Waals surface area contributed by atoms with Gasteiger partial charge < -0.3 is 24.7 Å². The van der Waals surface area contributed by atoms with Crippen molar-refractivity contribution in [3.8, 4) is 29.1 Å². The highest BCUT2D eigenvalue weighted by Crippen LogP contribution is 2.44. The molecule has 1 aliphatic rings. The fraction of sp³-hybridized carbons (Fsp3) is 0.241. The summed E-state index contributed by atoms with van der Waals surface area (Å²) in [4.78, 5) is 22.9. The molecule has 0 amide bonds. The molecule has 0 radical (unpaired) electrons. The average Bonchev–Trinajstić information content (AvgIpc) is 2.93. The Bertz CT molecular complexity index is 1440. The molecule has 1 heterocycles. The number of carbonyl (C=O) groups excluding carboxylic acids is 1. The standard InChI is InChI=1S/C29H27N3O7/c1-2-3-6-14-36-20-9-7-8-19(15-20)28-22-13-12-21(16-26(22)39-29(31)23(28)17-30)38-27(33)18-37-25-11-5-4-10-24(25)32(34)35/h4-5,7-13,15-16,28H,2-3,6,14,18,31H2,1H3. The number of hydrogen-bond acceptors (Lipinski definition) is 9. The van der Waals surface area contributed by atoms with Crippen LogP contribution in [0, 0.1) is 21.4 Å². The molecule has 4 rings (SSSR count). The predicted molar refractivity (Wildman–Crippen MR) is 141 cm³/mol. The maximum absolute atomic E-state index is 12.4. The average molecular weight is 530 g/mol. The lowest BCUT2D eigenvalue weighted by atomic mass is 9.83. The van der Waals surface area contributed by atoms with Gasteiger partial charge in [-0.05, 0) is 36.2 Å². The van der Waals surface area contributed by atoms with Gasteiger partial charge in [-0.3, -0.25) is 10.1 Å². The number of nitro benzene ring substituents is 1. The first-order chi connectivity index (χ1) is 18.9. The molecule has 1 aliphatic heterocycles. The number of para-hydroxylation sites is 2. The van der Waals surface area contributed by atoms with Crippen molar-refractivity contribution in [1.29, 1.82) is 5.26 Å². The predicted octanol–water partition coefficient (Wildman–Crippen LogP) is 5.37. The number of allylic oxidation sites excluding steroid dienone is 1. The van der Waals surface area contributed by atoms with Gasteiger partial charge in [0.25, 0.3) is 0 Å². The van der Waals surface area contributed by atoms with Crippen LogP contribution in [0.3, 0.4) is 0 Å². The largest absolute Gasteiger partial charge is 0.494 e. The molecule has 10 heteroatoms. The summed E-state index contributed by atoms with van der Waals surface area (Å²) in [5, 5.41) is 21.0. The van der Waals surface area contributed by atoms with E-state index in [4.69, 9.17) is 24.7 Å². The highest BCUT2D eigenvalue weighted by atomic mass is 16.6. The summed E-state index contributed by atoms with van der Waals surface area (Å²) in [6.07, 6.45) is 3.12. The fourth-order valence-corrected chi connectivity index (χ4v) is 4.20. The van der Waals surface area contributed by atoms with E-state index in [1.807, 2.05) is 24.3 Å². The van der Waals surface area contributed by atoms with Crippen LogP contribution in [-0.4, -0.2) is 24.1 Å². The number of benzene rings is 3. The molecule has 0 aliphatic carbocycles. The van der Waals surface area contributed by atoms with Gasteiger partial charge in [-0.25, -0.2) is 4.79 Å². The van der Waals surface area contributed by atoms with Crippen LogP contribution in [0.15, 0.2) is 78.2 Å². The molecule has 0 bridgehead atoms. The van der Waals surface area contributed by atoms with Crippen molar-refractivity contribution in [1.82, 2.24) is 0 Å². The van der Waals surface area contributed by atoms with Crippen LogP contribution < -0.4 is 24.7 Å². The number of fused-ring (bicyclic) bond motifs is 1. The Kier molecular flexibility index (Phi) is 8.64. The van der Waals surface area contributed by atoms with Crippen LogP contribution in [0.4, 0.5) is 5.69 Å². The zero-order chi connectivity index (χ0) is 27.8. The third kappa shape index (κ3) is 6.45. The summed E-state index contributed by atoms with van der Waals surface area (Å²) in [6.45, 7) is 2.18. The number of hydrogen-bond donors (Lipinski definition) is 1. The van der Waals surface area contributed by atoms with Crippen molar-refractivity contribution in [2.75, 3.05) is 13.2 Å². The Labute approximate surface area is 225 Å². The first-order valence-corrected chi connectivity index (χ1v) is 12.4. The van der Waals surface area contributed by atoms with Gasteiger partial charge in [-0.15, -0.1) is 0 Å². The quantitative estimate of drug-likeness (QED) is 0.114. The fourth-order valence-electron chi connectivity index (χ4n) is 4.20. The summed E-state index contributed by atoms with van der Waals surface area (Å²) in [5.41, 5.74) is 7.57. The Morgan fingerprint density at radius 3 is 2.67 bits per heavy atom. The molecule has 0 fully saturated rings. The minimum Gasteiger partial charge on any atom is -0.494 e. The van der Waals surface area contributed by atoms with E-state index in [1.54, 1.807) is 18.2 Å². The van der Waals surface area contributed by atoms with E-state index in [1.165, 1.54) is 24.3 Å². The number of esters is 1. The zero-order valence-electron chi connectivity index (χ0n) is 21.3. The van der Waals surface area contributed by atoms with Gasteiger partial charge in [0.15, 0.2) is 12.4 Å². The van der Waals surface area contributed by atoms with Crippen LogP contribution in [-0.2, 0) is 4.79 Å². The summed E-state index contributed by atoms with van der Waals surface area (Å²) in [5.74, 6) is -0.196. The van der Waals surface area contributed by atoms with Gasteiger partial charge in [-0.1, -0.05) is 50.1 Å². The molecule has 1 atom stereocenters. The third-order valence-electron chi connectivity index (χ3n) is 6.04. The zero-order valence-corrected chi connectivity index (χ0v) is 21.3. The van der Waals surface area contributed by atoms with E-state index in [0.717, 1.165) is 24.8 Å². The lowest BCUT2D eigenvalue weighted by molar-refractivity contribution is -0.385. The number of nitrogens with two attached hydrogens (primary N) is 1. The first-order valence-electron chi connectivity index (χ1n) is 12.4. The molecular weight excluding hydrogens is 502 g/mol. The van der Waals surface area contributed by atoms with Crippen LogP contribution in [0.2, 0.25) is 0 Å². The van der Waals surface area contributed by atoms with Crippen molar-refractivity contribution < 1.29 is 28.7 Å². The molecule has 39 heavy (non-hydrogen) atoms. The molecule has 0 aromatic heterocycles. The van der Waals surface area contributed by atoms with Gasteiger partial charge >= 0.3 is 11.7 Å². The lowest BCUT2D eigenvalue weighted by Crippen LogP contribution is -2.22. The van der Waals surface area contributed by atoms with Gasteiger partial charge in [0.1, 0.15) is 28.9 Å². The number of nitriles is 1. The topological polar surface area (TPSA) is 147 Å². The Balaban J connectivity index is 1.51. The summed E-state index contributed by atoms with van der Waals surface area (Å²) >= 11 is 0. The summed E-state index contributed by atoms with van der Waals surface area (Å²) < 4.78 is 22.3. The summed E-state index contributed by atoms with van der Waals surface area (Å²) in [7, 11) is 0. The third-order valence-corrected chi connectivity index (χ3v) is 6.04. The van der Waals surface area contributed by atoms with E-state index in [9.17, 15) is 20.2 Å². The number of ether oxygens (including phenoxy) is 4. The smallest absolute Gasteiger partial charge is 0.349 e. The molecule has 3 aromatic carbocycles. The van der Waals surface area contributed by atoms with Crippen LogP contribution in [0.1, 0.15) is 43.2 Å². The molecular formula is C29H27N3O7. The summed E-state index contributed by atoms with van der Waals surface area (Å²) in [6, 6.07) is 20.1. The minimum atomic E-state index is -0.769. The second kappa shape index (κ2) is 12.5. The van der Waals surface area contributed by atoms with Gasteiger partial charge in [-0.2, -0.15) is 5.26 Å². The molecule has 200 valence electrons. The second-order valence-corrected chi connectivity index (χ2v) is 8.74. The van der Waals surface area contributed by atoms with Crippen LogP contribution in [0.25, 0.3) is 0 Å². The van der Waals surface area contributed by atoms with Gasteiger partial charge in [0.05, 0.1) is 17.4 Å². The van der Waals surface area contributed by atoms with E-state index in [0.29, 0.717) is 23.7 Å². The van der Waals surface area contributed by atoms with Gasteiger partial charge in [0.2, 0.25) is 5.88 Å². The number of nitro groups is 1. The van der Waals surface area contributed by atoms with E-state index in [-0.39, 0.29) is 28.6 Å². The Morgan fingerprint density at radius 2 is 1.90 bits per heavy atom. The number of nitrogens with zero attached hydrogens (tertiary/aromatic N) is 2. The van der Waals surface area contributed by atoms with Crippen molar-refractivity contribution >= 4 is 11.7 Å². The molecule has 0 saturated carbocycles. The number of unbranched alkanes of at least 4 members (excludes halogenated alkanes) is 2. The molecule has 1 unspecified atom stereocenters. The van der Waals surface area contributed by atoms with Crippen molar-refractivity contribution in [3.05, 3.63) is 99.4 Å². The van der Waals surface area contributed by atoms with E-state index >= 15 is 0 Å². The minimum absolute atomic E-state index is 0.0467. The molecule has 10 nitrogen and oxygen atoms in total. The molecule has 3 aromatic rings. The Morgan fingerprint density at radius 1 is 1.08 bits per heavy atom. The highest BCUT2D eigenvalue weighted by Gasteiger charge is 2.31. The molecule has 0 spiro atoms. The van der Waals surface area contributed by atoms with E-state index in [2.05, 4.69) is 13.0 Å². The second-order valence-electron chi connectivity index (χ2n) is 8.74. The molecule has 2 N–H and O–H groups in total. The number of rotatable bonds is 11. The van der Waals surface area contributed by atoms with Crippen LogP contribution in [0.5, 0.6) is 23.0 Å². The Hall–Kier alpha value is -5.04. The van der Waals surface area contributed by atoms with Crippen molar-refractivity contribution in [2.45, 2.75) is 32.1 Å². The maximum Gasteiger partial charge on any atom is 0.349 e. The first kappa shape index (κ1) is 27.0. The normalized spacial score (nSPS) is 14.0. The SMILES string of the molecule is CCCCCOc1cccc(C2C(C#N)=C(N)Oc3cc(OC(=O)COc4ccccc4[N+](=O)[O-])ccc32)c1. The molecule has 0 saturated heterocycles. The van der Waals surface area contributed by atoms with Crippen molar-refractivity contribution in [2.24, 2.45) is 5.73 Å².